The van der Waals surface area contributed by atoms with E-state index in [0.29, 0.717) is 32.7 Å². The molecular weight excluding hydrogens is 362 g/mol. The number of β-amino-alcohol motifs (C(OH)–C–C–N with tert-alkyl or cyclic N) is 1. The van der Waals surface area contributed by atoms with E-state index in [0.717, 1.165) is 12.1 Å². The first-order chi connectivity index (χ1) is 13.0. The summed E-state index contributed by atoms with van der Waals surface area (Å²) in [7, 11) is 0. The maximum Gasteiger partial charge on any atom is 0.353 e. The van der Waals surface area contributed by atoms with E-state index in [1.807, 2.05) is 4.90 Å². The first kappa shape index (κ1) is 18.9. The molecule has 3 rings (SSSR count). The number of hydrogen-bond acceptors (Lipinski definition) is 8. The molecule has 0 saturated carbocycles. The van der Waals surface area contributed by atoms with E-state index >= 15 is 0 Å². The highest BCUT2D eigenvalue weighted by Gasteiger charge is 2.29. The Bertz CT molecular complexity index is 830. The van der Waals surface area contributed by atoms with E-state index in [-0.39, 0.29) is 29.6 Å². The van der Waals surface area contributed by atoms with E-state index in [9.17, 15) is 18.9 Å². The van der Waals surface area contributed by atoms with Gasteiger partial charge in [0.1, 0.15) is 6.33 Å². The van der Waals surface area contributed by atoms with Crippen molar-refractivity contribution in [3.05, 3.63) is 46.3 Å². The molecule has 1 fully saturated rings. The summed E-state index contributed by atoms with van der Waals surface area (Å²) in [6.07, 6.45) is 1.19. The number of hydrogen-bond donors (Lipinski definition) is 2. The second-order valence-electron chi connectivity index (χ2n) is 5.96. The Kier molecular flexibility index (Phi) is 5.72. The molecule has 0 amide bonds. The molecule has 0 aliphatic carbocycles. The first-order valence-electron chi connectivity index (χ1n) is 8.29. The van der Waals surface area contributed by atoms with Crippen molar-refractivity contribution in [2.24, 2.45) is 0 Å². The molecule has 1 aliphatic heterocycles. The lowest BCUT2D eigenvalue weighted by Crippen LogP contribution is -2.47. The molecule has 1 saturated heterocycles. The molecule has 2 heterocycles. The summed E-state index contributed by atoms with van der Waals surface area (Å²) >= 11 is 0. The summed E-state index contributed by atoms with van der Waals surface area (Å²) < 4.78 is 26.5. The number of piperazine rings is 1. The predicted molar refractivity (Wildman–Crippen MR) is 94.1 cm³/mol. The van der Waals surface area contributed by atoms with Crippen molar-refractivity contribution in [1.29, 1.82) is 0 Å². The molecule has 2 N–H and O–H groups in total. The zero-order valence-corrected chi connectivity index (χ0v) is 14.3. The fourth-order valence-electron chi connectivity index (χ4n) is 2.90. The van der Waals surface area contributed by atoms with Gasteiger partial charge in [0.05, 0.1) is 11.5 Å². The van der Waals surface area contributed by atoms with Crippen molar-refractivity contribution >= 4 is 23.0 Å². The Hall–Kier alpha value is -2.92. The van der Waals surface area contributed by atoms with Crippen molar-refractivity contribution in [1.82, 2.24) is 14.9 Å². The Morgan fingerprint density at radius 2 is 1.93 bits per heavy atom. The number of nitrogens with zero attached hydrogens (tertiary/aromatic N) is 5. The van der Waals surface area contributed by atoms with Gasteiger partial charge in [-0.3, -0.25) is 15.0 Å². The van der Waals surface area contributed by atoms with Crippen LogP contribution in [0.5, 0.6) is 0 Å². The van der Waals surface area contributed by atoms with Crippen molar-refractivity contribution in [3.63, 3.8) is 0 Å². The van der Waals surface area contributed by atoms with Crippen LogP contribution in [0.1, 0.15) is 0 Å². The van der Waals surface area contributed by atoms with Crippen LogP contribution in [-0.2, 0) is 0 Å². The summed E-state index contributed by atoms with van der Waals surface area (Å²) in [5.41, 5.74) is -0.202. The second kappa shape index (κ2) is 8.18. The average Bonchev–Trinajstić information content (AvgIpc) is 2.65. The van der Waals surface area contributed by atoms with Gasteiger partial charge in [-0.05, 0) is 12.1 Å². The summed E-state index contributed by atoms with van der Waals surface area (Å²) in [5.74, 6) is -2.03. The standard InChI is InChI=1S/C16H18F2N6O3/c17-12-2-1-11(9-13(12)18)21-15-14(24(26)27)16(20-10-19-15)23-5-3-22(4-6-23)7-8-25/h1-2,9-10,25H,3-8H2,(H,19,20,21). The number of aliphatic hydroxyl groups excluding tert-OH is 1. The monoisotopic (exact) mass is 380 g/mol. The van der Waals surface area contributed by atoms with Gasteiger partial charge in [-0.15, -0.1) is 0 Å². The average molecular weight is 380 g/mol. The fraction of sp³-hybridized carbons (Fsp3) is 0.375. The molecule has 0 atom stereocenters. The highest BCUT2D eigenvalue weighted by molar-refractivity contribution is 5.74. The Morgan fingerprint density at radius 1 is 1.19 bits per heavy atom. The van der Waals surface area contributed by atoms with Gasteiger partial charge in [0, 0.05) is 44.5 Å². The summed E-state index contributed by atoms with van der Waals surface area (Å²) in [6, 6.07) is 3.08. The van der Waals surface area contributed by atoms with Gasteiger partial charge in [-0.1, -0.05) is 0 Å². The van der Waals surface area contributed by atoms with Crippen molar-refractivity contribution in [3.8, 4) is 0 Å². The minimum atomic E-state index is -1.07. The molecule has 11 heteroatoms. The smallest absolute Gasteiger partial charge is 0.353 e. The van der Waals surface area contributed by atoms with Gasteiger partial charge in [-0.2, -0.15) is 0 Å². The number of aromatic nitrogens is 2. The lowest BCUT2D eigenvalue weighted by atomic mass is 10.2. The number of anilines is 3. The van der Waals surface area contributed by atoms with Crippen LogP contribution in [0.2, 0.25) is 0 Å². The molecule has 27 heavy (non-hydrogen) atoms. The summed E-state index contributed by atoms with van der Waals surface area (Å²) in [4.78, 5) is 22.8. The van der Waals surface area contributed by atoms with E-state index in [1.165, 1.54) is 12.4 Å². The highest BCUT2D eigenvalue weighted by atomic mass is 19.2. The van der Waals surface area contributed by atoms with Crippen LogP contribution in [0, 0.1) is 21.7 Å². The number of aliphatic hydroxyl groups is 1. The van der Waals surface area contributed by atoms with Gasteiger partial charge >= 0.3 is 5.69 Å². The van der Waals surface area contributed by atoms with E-state index < -0.39 is 16.6 Å². The minimum Gasteiger partial charge on any atom is -0.395 e. The van der Waals surface area contributed by atoms with Crippen LogP contribution >= 0.6 is 0 Å². The Labute approximate surface area is 153 Å². The molecule has 0 bridgehead atoms. The third-order valence-electron chi connectivity index (χ3n) is 4.26. The van der Waals surface area contributed by atoms with Crippen LogP contribution in [0.3, 0.4) is 0 Å². The molecular formula is C16H18F2N6O3. The van der Waals surface area contributed by atoms with E-state index in [4.69, 9.17) is 5.11 Å². The SMILES string of the molecule is O=[N+]([O-])c1c(Nc2ccc(F)c(F)c2)ncnc1N1CCN(CCO)CC1. The zero-order valence-electron chi connectivity index (χ0n) is 14.3. The quantitative estimate of drug-likeness (QED) is 0.574. The summed E-state index contributed by atoms with van der Waals surface area (Å²) in [5, 5.41) is 23.3. The third-order valence-corrected chi connectivity index (χ3v) is 4.26. The number of nitro groups is 1. The zero-order chi connectivity index (χ0) is 19.4. The van der Waals surface area contributed by atoms with Crippen LogP contribution in [0.4, 0.5) is 31.8 Å². The van der Waals surface area contributed by atoms with Gasteiger partial charge in [0.15, 0.2) is 11.6 Å². The van der Waals surface area contributed by atoms with Gasteiger partial charge in [-0.25, -0.2) is 18.7 Å². The van der Waals surface area contributed by atoms with Crippen LogP contribution in [-0.4, -0.2) is 64.2 Å². The maximum absolute atomic E-state index is 13.4. The molecule has 1 aromatic heterocycles. The van der Waals surface area contributed by atoms with Crippen molar-refractivity contribution < 1.29 is 18.8 Å². The van der Waals surface area contributed by atoms with Crippen molar-refractivity contribution in [2.75, 3.05) is 49.5 Å². The fourth-order valence-corrected chi connectivity index (χ4v) is 2.90. The molecule has 0 radical (unpaired) electrons. The summed E-state index contributed by atoms with van der Waals surface area (Å²) in [6.45, 7) is 2.87. The molecule has 0 spiro atoms. The Morgan fingerprint density at radius 3 is 2.56 bits per heavy atom. The molecule has 0 unspecified atom stereocenters. The maximum atomic E-state index is 13.4. The lowest BCUT2D eigenvalue weighted by molar-refractivity contribution is -0.383. The van der Waals surface area contributed by atoms with Gasteiger partial charge in [0.25, 0.3) is 0 Å². The van der Waals surface area contributed by atoms with Crippen LogP contribution < -0.4 is 10.2 Å². The first-order valence-corrected chi connectivity index (χ1v) is 8.29. The van der Waals surface area contributed by atoms with Gasteiger partial charge in [0.2, 0.25) is 11.6 Å². The molecule has 1 aliphatic rings. The molecule has 1 aromatic carbocycles. The van der Waals surface area contributed by atoms with E-state index in [2.05, 4.69) is 15.3 Å². The number of rotatable bonds is 6. The van der Waals surface area contributed by atoms with E-state index in [1.54, 1.807) is 4.90 Å². The topological polar surface area (TPSA) is 108 Å². The minimum absolute atomic E-state index is 0.0515. The molecule has 2 aromatic rings. The van der Waals surface area contributed by atoms with Gasteiger partial charge < -0.3 is 15.3 Å². The lowest BCUT2D eigenvalue weighted by Gasteiger charge is -2.34. The van der Waals surface area contributed by atoms with Crippen LogP contribution in [0.15, 0.2) is 24.5 Å². The molecule has 144 valence electrons. The normalized spacial score (nSPS) is 15.0. The molecule has 9 nitrogen and oxygen atoms in total. The Balaban J connectivity index is 1.87. The number of benzene rings is 1. The predicted octanol–water partition coefficient (Wildman–Crippen LogP) is 1.52. The largest absolute Gasteiger partial charge is 0.395 e. The highest BCUT2D eigenvalue weighted by Crippen LogP contribution is 2.34. The van der Waals surface area contributed by atoms with Crippen LogP contribution in [0.25, 0.3) is 0 Å². The number of halogens is 2. The van der Waals surface area contributed by atoms with Crippen molar-refractivity contribution in [2.45, 2.75) is 0 Å². The third kappa shape index (κ3) is 4.26. The number of nitrogens with one attached hydrogen (secondary N) is 1. The second-order valence-corrected chi connectivity index (χ2v) is 5.96.